The van der Waals surface area contributed by atoms with Gasteiger partial charge in [-0.1, -0.05) is 236 Å². The number of ether oxygens (including phenoxy) is 2. The van der Waals surface area contributed by atoms with E-state index in [9.17, 15) is 14.7 Å². The first-order valence-electron chi connectivity index (χ1n) is 24.7. The monoisotopic (exact) mass is 799 g/mol. The second-order valence-corrected chi connectivity index (χ2v) is 16.5. The smallest absolute Gasteiger partial charge is 0.306 e. The Morgan fingerprint density at radius 3 is 1.14 bits per heavy atom. The lowest BCUT2D eigenvalue weighted by Gasteiger charge is -2.15. The van der Waals surface area contributed by atoms with E-state index in [2.05, 4.69) is 62.5 Å². The van der Waals surface area contributed by atoms with Gasteiger partial charge in [-0.2, -0.15) is 0 Å². The molecule has 332 valence electrons. The number of carbonyl (C=O) groups is 2. The van der Waals surface area contributed by atoms with E-state index in [4.69, 9.17) is 9.47 Å². The molecular formula is C52H94O5. The Morgan fingerprint density at radius 1 is 0.421 bits per heavy atom. The number of esters is 2. The highest BCUT2D eigenvalue weighted by molar-refractivity contribution is 5.70. The predicted octanol–water partition coefficient (Wildman–Crippen LogP) is 16.1. The second kappa shape index (κ2) is 48.2. The molecule has 0 aliphatic rings. The highest BCUT2D eigenvalue weighted by atomic mass is 16.6. The van der Waals surface area contributed by atoms with Crippen molar-refractivity contribution in [2.75, 3.05) is 13.2 Å². The number of rotatable bonds is 45. The minimum absolute atomic E-state index is 0.0740. The maximum Gasteiger partial charge on any atom is 0.306 e. The summed E-state index contributed by atoms with van der Waals surface area (Å²) in [4.78, 5) is 24.4. The van der Waals surface area contributed by atoms with Gasteiger partial charge in [-0.05, 0) is 51.4 Å². The van der Waals surface area contributed by atoms with Crippen LogP contribution in [0.5, 0.6) is 0 Å². The fourth-order valence-corrected chi connectivity index (χ4v) is 7.19. The van der Waals surface area contributed by atoms with Gasteiger partial charge in [0.1, 0.15) is 6.61 Å². The molecule has 0 saturated carbocycles. The molecule has 5 heteroatoms. The normalized spacial score (nSPS) is 12.5. The Hall–Kier alpha value is -2.14. The summed E-state index contributed by atoms with van der Waals surface area (Å²) in [6.45, 7) is 4.03. The summed E-state index contributed by atoms with van der Waals surface area (Å²) in [5, 5.41) is 9.60. The van der Waals surface area contributed by atoms with E-state index in [1.165, 1.54) is 148 Å². The van der Waals surface area contributed by atoms with Crippen LogP contribution in [0.3, 0.4) is 0 Å². The summed E-state index contributed by atoms with van der Waals surface area (Å²) in [5.41, 5.74) is 0. The van der Waals surface area contributed by atoms with Crippen LogP contribution in [0.1, 0.15) is 251 Å². The summed E-state index contributed by atoms with van der Waals surface area (Å²) < 4.78 is 10.6. The molecule has 0 saturated heterocycles. The van der Waals surface area contributed by atoms with E-state index in [1.807, 2.05) is 0 Å². The third-order valence-electron chi connectivity index (χ3n) is 10.9. The number of aliphatic hydroxyl groups is 1. The standard InChI is InChI=1S/C52H94O5/c1-3-5-7-9-11-13-15-17-19-21-22-23-24-25-26-27-28-29-31-32-34-36-38-40-42-44-46-51(54)56-49-50(48-53)57-52(55)47-45-43-41-39-37-35-33-30-20-18-16-14-12-10-8-6-4-2/h6,8,12,14,18,20,33,35,50,53H,3-5,7,9-11,13,15-17,19,21-32,34,36-49H2,1-2H3/b8-6-,14-12-,20-18-,35-33-. The van der Waals surface area contributed by atoms with Crippen molar-refractivity contribution in [1.29, 1.82) is 0 Å². The first-order valence-corrected chi connectivity index (χ1v) is 24.7. The van der Waals surface area contributed by atoms with Crippen LogP contribution >= 0.6 is 0 Å². The van der Waals surface area contributed by atoms with Gasteiger partial charge >= 0.3 is 11.9 Å². The van der Waals surface area contributed by atoms with Crippen LogP contribution in [-0.4, -0.2) is 36.4 Å². The zero-order valence-corrected chi connectivity index (χ0v) is 37.9. The zero-order valence-electron chi connectivity index (χ0n) is 37.9. The van der Waals surface area contributed by atoms with Gasteiger partial charge in [-0.15, -0.1) is 0 Å². The Labute approximate surface area is 354 Å². The van der Waals surface area contributed by atoms with Crippen LogP contribution in [0.4, 0.5) is 0 Å². The molecule has 0 rings (SSSR count). The number of allylic oxidation sites excluding steroid dienone is 8. The lowest BCUT2D eigenvalue weighted by atomic mass is 10.0. The SMILES string of the molecule is CC/C=C\C/C=C\C/C=C\C/C=C\CCCCCCC(=O)OC(CO)COC(=O)CCCCCCCCCCCCCCCCCCCCCCCCCCCC. The quantitative estimate of drug-likeness (QED) is 0.0377. The first kappa shape index (κ1) is 54.9. The molecule has 1 unspecified atom stereocenters. The molecule has 1 N–H and O–H groups in total. The van der Waals surface area contributed by atoms with E-state index in [1.54, 1.807) is 0 Å². The van der Waals surface area contributed by atoms with Crippen LogP contribution in [0.25, 0.3) is 0 Å². The fourth-order valence-electron chi connectivity index (χ4n) is 7.19. The Bertz CT molecular complexity index is 950. The molecule has 0 fully saturated rings. The van der Waals surface area contributed by atoms with E-state index in [-0.39, 0.29) is 25.2 Å². The van der Waals surface area contributed by atoms with Crippen LogP contribution in [0.15, 0.2) is 48.6 Å². The van der Waals surface area contributed by atoms with E-state index >= 15 is 0 Å². The van der Waals surface area contributed by atoms with Gasteiger partial charge in [0.15, 0.2) is 6.10 Å². The molecular weight excluding hydrogens is 705 g/mol. The molecule has 5 nitrogen and oxygen atoms in total. The third-order valence-corrected chi connectivity index (χ3v) is 10.9. The van der Waals surface area contributed by atoms with Crippen molar-refractivity contribution in [3.8, 4) is 0 Å². The molecule has 0 aliphatic heterocycles. The Balaban J connectivity index is 3.48. The maximum absolute atomic E-state index is 12.2. The van der Waals surface area contributed by atoms with Crippen molar-refractivity contribution < 1.29 is 24.2 Å². The van der Waals surface area contributed by atoms with Crippen LogP contribution in [0, 0.1) is 0 Å². The largest absolute Gasteiger partial charge is 0.462 e. The molecule has 1 atom stereocenters. The summed E-state index contributed by atoms with van der Waals surface area (Å²) >= 11 is 0. The van der Waals surface area contributed by atoms with Crippen LogP contribution in [0.2, 0.25) is 0 Å². The molecule has 0 amide bonds. The molecule has 0 heterocycles. The molecule has 0 aromatic rings. The highest BCUT2D eigenvalue weighted by Crippen LogP contribution is 2.16. The number of carbonyl (C=O) groups excluding carboxylic acids is 2. The third kappa shape index (κ3) is 46.4. The molecule has 0 spiro atoms. The number of unbranched alkanes of at least 4 members (excludes halogenated alkanes) is 29. The lowest BCUT2D eigenvalue weighted by molar-refractivity contribution is -0.161. The summed E-state index contributed by atoms with van der Waals surface area (Å²) in [5.74, 6) is -0.610. The molecule has 0 bridgehead atoms. The number of hydrogen-bond donors (Lipinski definition) is 1. The maximum atomic E-state index is 12.2. The van der Waals surface area contributed by atoms with Crippen molar-refractivity contribution in [2.24, 2.45) is 0 Å². The number of aliphatic hydroxyl groups excluding tert-OH is 1. The van der Waals surface area contributed by atoms with Crippen molar-refractivity contribution >= 4 is 11.9 Å². The summed E-state index contributed by atoms with van der Waals surface area (Å²) in [7, 11) is 0. The molecule has 0 aromatic carbocycles. The average molecular weight is 799 g/mol. The van der Waals surface area contributed by atoms with Gasteiger partial charge in [0.2, 0.25) is 0 Å². The highest BCUT2D eigenvalue weighted by Gasteiger charge is 2.16. The van der Waals surface area contributed by atoms with E-state index in [0.717, 1.165) is 77.0 Å². The van der Waals surface area contributed by atoms with Crippen LogP contribution < -0.4 is 0 Å². The predicted molar refractivity (Wildman–Crippen MR) is 247 cm³/mol. The minimum Gasteiger partial charge on any atom is -0.462 e. The molecule has 0 aliphatic carbocycles. The van der Waals surface area contributed by atoms with Gasteiger partial charge in [0.25, 0.3) is 0 Å². The Kier molecular flexibility index (Phi) is 46.4. The minimum atomic E-state index is -0.784. The average Bonchev–Trinajstić information content (AvgIpc) is 3.21. The van der Waals surface area contributed by atoms with Gasteiger partial charge < -0.3 is 14.6 Å². The van der Waals surface area contributed by atoms with Gasteiger partial charge in [0.05, 0.1) is 6.61 Å². The second-order valence-electron chi connectivity index (χ2n) is 16.5. The topological polar surface area (TPSA) is 72.8 Å². The van der Waals surface area contributed by atoms with Crippen molar-refractivity contribution in [3.63, 3.8) is 0 Å². The van der Waals surface area contributed by atoms with Crippen molar-refractivity contribution in [2.45, 2.75) is 258 Å². The molecule has 0 radical (unpaired) electrons. The lowest BCUT2D eigenvalue weighted by Crippen LogP contribution is -2.28. The van der Waals surface area contributed by atoms with Crippen molar-refractivity contribution in [1.82, 2.24) is 0 Å². The van der Waals surface area contributed by atoms with Gasteiger partial charge in [0, 0.05) is 12.8 Å². The molecule has 0 aromatic heterocycles. The molecule has 57 heavy (non-hydrogen) atoms. The van der Waals surface area contributed by atoms with Crippen molar-refractivity contribution in [3.05, 3.63) is 48.6 Å². The fraction of sp³-hybridized carbons (Fsp3) is 0.808. The van der Waals surface area contributed by atoms with Gasteiger partial charge in [-0.3, -0.25) is 9.59 Å². The van der Waals surface area contributed by atoms with Crippen LogP contribution in [-0.2, 0) is 19.1 Å². The summed E-state index contributed by atoms with van der Waals surface area (Å²) in [6.07, 6.45) is 62.1. The Morgan fingerprint density at radius 2 is 0.754 bits per heavy atom. The van der Waals surface area contributed by atoms with E-state index < -0.39 is 6.10 Å². The first-order chi connectivity index (χ1) is 28.1. The number of hydrogen-bond acceptors (Lipinski definition) is 5. The summed E-state index contributed by atoms with van der Waals surface area (Å²) in [6, 6.07) is 0. The zero-order chi connectivity index (χ0) is 41.4. The van der Waals surface area contributed by atoms with E-state index in [0.29, 0.717) is 12.8 Å². The van der Waals surface area contributed by atoms with Gasteiger partial charge in [-0.25, -0.2) is 0 Å².